The molecule has 2 aromatic carbocycles. The SMILES string of the molecule is O=C(O)c1cccc(-c2cc(F)ccc2F)c1. The van der Waals surface area contributed by atoms with Crippen molar-refractivity contribution < 1.29 is 18.7 Å². The Morgan fingerprint density at radius 3 is 2.53 bits per heavy atom. The molecular weight excluding hydrogens is 226 g/mol. The van der Waals surface area contributed by atoms with Crippen LogP contribution in [0.5, 0.6) is 0 Å². The van der Waals surface area contributed by atoms with Crippen molar-refractivity contribution in [3.05, 3.63) is 59.7 Å². The largest absolute Gasteiger partial charge is 0.478 e. The van der Waals surface area contributed by atoms with Crippen LogP contribution in [-0.2, 0) is 0 Å². The Hall–Kier alpha value is -2.23. The van der Waals surface area contributed by atoms with Crippen molar-refractivity contribution in [2.24, 2.45) is 0 Å². The van der Waals surface area contributed by atoms with Crippen molar-refractivity contribution in [1.82, 2.24) is 0 Å². The first-order valence-corrected chi connectivity index (χ1v) is 4.87. The van der Waals surface area contributed by atoms with Crippen molar-refractivity contribution in [2.45, 2.75) is 0 Å². The van der Waals surface area contributed by atoms with Crippen LogP contribution in [0.1, 0.15) is 10.4 Å². The van der Waals surface area contributed by atoms with Crippen LogP contribution in [0.2, 0.25) is 0 Å². The van der Waals surface area contributed by atoms with E-state index in [1.54, 1.807) is 0 Å². The molecule has 17 heavy (non-hydrogen) atoms. The smallest absolute Gasteiger partial charge is 0.335 e. The first-order chi connectivity index (χ1) is 8.08. The number of halogens is 2. The molecule has 86 valence electrons. The summed E-state index contributed by atoms with van der Waals surface area (Å²) in [4.78, 5) is 10.8. The summed E-state index contributed by atoms with van der Waals surface area (Å²) in [7, 11) is 0. The van der Waals surface area contributed by atoms with Crippen LogP contribution in [0.25, 0.3) is 11.1 Å². The van der Waals surface area contributed by atoms with Crippen LogP contribution < -0.4 is 0 Å². The van der Waals surface area contributed by atoms with Gasteiger partial charge in [0, 0.05) is 5.56 Å². The van der Waals surface area contributed by atoms with Gasteiger partial charge in [0.2, 0.25) is 0 Å². The molecule has 0 fully saturated rings. The third kappa shape index (κ3) is 2.30. The summed E-state index contributed by atoms with van der Waals surface area (Å²) in [5.74, 6) is -2.26. The standard InChI is InChI=1S/C13H8F2O2/c14-10-4-5-12(15)11(7-10)8-2-1-3-9(6-8)13(16)17/h1-7H,(H,16,17). The van der Waals surface area contributed by atoms with Crippen LogP contribution in [0.4, 0.5) is 8.78 Å². The van der Waals surface area contributed by atoms with Crippen LogP contribution >= 0.6 is 0 Å². The minimum Gasteiger partial charge on any atom is -0.478 e. The maximum Gasteiger partial charge on any atom is 0.335 e. The van der Waals surface area contributed by atoms with Crippen molar-refractivity contribution in [2.75, 3.05) is 0 Å². The summed E-state index contributed by atoms with van der Waals surface area (Å²) >= 11 is 0. The Morgan fingerprint density at radius 1 is 1.06 bits per heavy atom. The van der Waals surface area contributed by atoms with E-state index < -0.39 is 17.6 Å². The summed E-state index contributed by atoms with van der Waals surface area (Å²) in [6.45, 7) is 0. The number of carboxylic acids is 1. The third-order valence-electron chi connectivity index (χ3n) is 2.35. The number of benzene rings is 2. The van der Waals surface area contributed by atoms with Gasteiger partial charge in [-0.3, -0.25) is 0 Å². The number of aromatic carboxylic acids is 1. The van der Waals surface area contributed by atoms with Gasteiger partial charge in [0.1, 0.15) is 11.6 Å². The van der Waals surface area contributed by atoms with E-state index in [1.807, 2.05) is 0 Å². The highest BCUT2D eigenvalue weighted by Gasteiger charge is 2.09. The Morgan fingerprint density at radius 2 is 1.82 bits per heavy atom. The highest BCUT2D eigenvalue weighted by Crippen LogP contribution is 2.24. The summed E-state index contributed by atoms with van der Waals surface area (Å²) in [5.41, 5.74) is 0.418. The number of rotatable bonds is 2. The lowest BCUT2D eigenvalue weighted by molar-refractivity contribution is 0.0697. The highest BCUT2D eigenvalue weighted by molar-refractivity contribution is 5.89. The topological polar surface area (TPSA) is 37.3 Å². The van der Waals surface area contributed by atoms with E-state index in [9.17, 15) is 13.6 Å². The van der Waals surface area contributed by atoms with Gasteiger partial charge in [-0.2, -0.15) is 0 Å². The molecule has 0 saturated heterocycles. The summed E-state index contributed by atoms with van der Waals surface area (Å²) in [6, 6.07) is 8.78. The summed E-state index contributed by atoms with van der Waals surface area (Å²) in [6.07, 6.45) is 0. The monoisotopic (exact) mass is 234 g/mol. The lowest BCUT2D eigenvalue weighted by Crippen LogP contribution is -1.96. The minimum atomic E-state index is -1.11. The van der Waals surface area contributed by atoms with Crippen LogP contribution in [0.15, 0.2) is 42.5 Å². The molecule has 0 amide bonds. The number of carboxylic acid groups (broad SMARTS) is 1. The molecule has 2 aromatic rings. The van der Waals surface area contributed by atoms with E-state index in [1.165, 1.54) is 24.3 Å². The van der Waals surface area contributed by atoms with Gasteiger partial charge in [-0.25, -0.2) is 13.6 Å². The molecule has 0 aromatic heterocycles. The van der Waals surface area contributed by atoms with Crippen molar-refractivity contribution in [1.29, 1.82) is 0 Å². The van der Waals surface area contributed by atoms with Crippen LogP contribution in [-0.4, -0.2) is 11.1 Å². The van der Waals surface area contributed by atoms with E-state index in [2.05, 4.69) is 0 Å². The zero-order valence-corrected chi connectivity index (χ0v) is 8.65. The average molecular weight is 234 g/mol. The molecule has 0 heterocycles. The Bertz CT molecular complexity index is 579. The van der Waals surface area contributed by atoms with Crippen LogP contribution in [0, 0.1) is 11.6 Å². The molecule has 2 rings (SSSR count). The van der Waals surface area contributed by atoms with Gasteiger partial charge in [0.05, 0.1) is 5.56 Å². The van der Waals surface area contributed by atoms with Crippen molar-refractivity contribution in [3.63, 3.8) is 0 Å². The first kappa shape index (κ1) is 11.3. The molecule has 4 heteroatoms. The molecule has 1 N–H and O–H groups in total. The number of carbonyl (C=O) groups is 1. The fraction of sp³-hybridized carbons (Fsp3) is 0. The molecule has 0 saturated carbocycles. The van der Waals surface area contributed by atoms with E-state index in [0.29, 0.717) is 5.56 Å². The Labute approximate surface area is 96.1 Å². The quantitative estimate of drug-likeness (QED) is 0.865. The van der Waals surface area contributed by atoms with E-state index in [-0.39, 0.29) is 11.1 Å². The van der Waals surface area contributed by atoms with Gasteiger partial charge in [0.15, 0.2) is 0 Å². The summed E-state index contributed by atoms with van der Waals surface area (Å²) in [5, 5.41) is 8.81. The number of hydrogen-bond acceptors (Lipinski definition) is 1. The average Bonchev–Trinajstić information content (AvgIpc) is 2.32. The van der Waals surface area contributed by atoms with Crippen molar-refractivity contribution >= 4 is 5.97 Å². The predicted molar refractivity (Wildman–Crippen MR) is 58.8 cm³/mol. The zero-order valence-electron chi connectivity index (χ0n) is 8.65. The van der Waals surface area contributed by atoms with Gasteiger partial charge in [-0.05, 0) is 35.9 Å². The van der Waals surface area contributed by atoms with Crippen molar-refractivity contribution in [3.8, 4) is 11.1 Å². The maximum absolute atomic E-state index is 13.5. The van der Waals surface area contributed by atoms with Gasteiger partial charge in [-0.15, -0.1) is 0 Å². The van der Waals surface area contributed by atoms with Crippen LogP contribution in [0.3, 0.4) is 0 Å². The molecule has 0 aliphatic heterocycles. The first-order valence-electron chi connectivity index (χ1n) is 4.87. The molecule has 0 aliphatic rings. The molecule has 0 radical (unpaired) electrons. The maximum atomic E-state index is 13.5. The van der Waals surface area contributed by atoms with E-state index >= 15 is 0 Å². The second kappa shape index (κ2) is 4.33. The lowest BCUT2D eigenvalue weighted by atomic mass is 10.0. The molecule has 2 nitrogen and oxygen atoms in total. The summed E-state index contributed by atoms with van der Waals surface area (Å²) < 4.78 is 26.5. The molecule has 0 bridgehead atoms. The molecule has 0 spiro atoms. The minimum absolute atomic E-state index is 0.0335. The molecular formula is C13H8F2O2. The Balaban J connectivity index is 2.56. The fourth-order valence-corrected chi connectivity index (χ4v) is 1.54. The van der Waals surface area contributed by atoms with Gasteiger partial charge >= 0.3 is 5.97 Å². The van der Waals surface area contributed by atoms with E-state index in [0.717, 1.165) is 18.2 Å². The molecule has 0 atom stereocenters. The highest BCUT2D eigenvalue weighted by atomic mass is 19.1. The van der Waals surface area contributed by atoms with Gasteiger partial charge in [-0.1, -0.05) is 12.1 Å². The zero-order chi connectivity index (χ0) is 12.4. The molecule has 0 unspecified atom stereocenters. The second-order valence-electron chi connectivity index (χ2n) is 3.51. The van der Waals surface area contributed by atoms with Gasteiger partial charge < -0.3 is 5.11 Å². The number of hydrogen-bond donors (Lipinski definition) is 1. The van der Waals surface area contributed by atoms with Gasteiger partial charge in [0.25, 0.3) is 0 Å². The normalized spacial score (nSPS) is 10.2. The fourth-order valence-electron chi connectivity index (χ4n) is 1.54. The third-order valence-corrected chi connectivity index (χ3v) is 2.35. The molecule has 0 aliphatic carbocycles. The lowest BCUT2D eigenvalue weighted by Gasteiger charge is -2.04. The predicted octanol–water partition coefficient (Wildman–Crippen LogP) is 3.33. The second-order valence-corrected chi connectivity index (χ2v) is 3.51. The Kier molecular flexibility index (Phi) is 2.87. The van der Waals surface area contributed by atoms with E-state index in [4.69, 9.17) is 5.11 Å².